The molecule has 8 N–H and O–H groups in total. The maximum atomic E-state index is 13.4. The number of hydrogen-bond donors (Lipinski definition) is 5. The van der Waals surface area contributed by atoms with Gasteiger partial charge >= 0.3 is 0 Å². The van der Waals surface area contributed by atoms with Gasteiger partial charge in [0.05, 0.1) is 17.7 Å². The van der Waals surface area contributed by atoms with Crippen LogP contribution in [0, 0.1) is 0 Å². The van der Waals surface area contributed by atoms with E-state index < -0.39 is 42.9 Å². The Balaban J connectivity index is 2.31. The third-order valence-electron chi connectivity index (χ3n) is 6.12. The van der Waals surface area contributed by atoms with Crippen LogP contribution in [-0.2, 0) is 25.6 Å². The number of guanidine groups is 1. The van der Waals surface area contributed by atoms with E-state index in [9.17, 15) is 19.2 Å². The number of nitrogens with two attached hydrogens (primary N) is 3. The molecule has 2 aliphatic heterocycles. The molecule has 1 aromatic rings. The number of fused-ring (bicyclic) bond motifs is 13. The molecule has 0 fully saturated rings. The number of amides is 2. The van der Waals surface area contributed by atoms with Crippen LogP contribution in [0.3, 0.4) is 0 Å². The fraction of sp³-hybridized carbons (Fsp3) is 0.480. The van der Waals surface area contributed by atoms with Crippen LogP contribution in [-0.4, -0.2) is 66.3 Å². The van der Waals surface area contributed by atoms with Gasteiger partial charge in [-0.2, -0.15) is 0 Å². The van der Waals surface area contributed by atoms with E-state index in [0.29, 0.717) is 38.2 Å². The number of benzene rings is 1. The Morgan fingerprint density at radius 1 is 1.18 bits per heavy atom. The highest BCUT2D eigenvalue weighted by Gasteiger charge is 2.32. The Hall–Kier alpha value is -2.44. The van der Waals surface area contributed by atoms with Gasteiger partial charge in [-0.25, -0.2) is 0 Å². The maximum Gasteiger partial charge on any atom is 0.243 e. The topological polar surface area (TPSA) is 192 Å². The second-order valence-electron chi connectivity index (χ2n) is 9.29. The van der Waals surface area contributed by atoms with E-state index in [-0.39, 0.29) is 30.4 Å². The zero-order valence-electron chi connectivity index (χ0n) is 22.0. The fourth-order valence-corrected chi connectivity index (χ4v) is 6.03. The first-order valence-corrected chi connectivity index (χ1v) is 17.2. The number of rotatable bonds is 8. The van der Waals surface area contributed by atoms with Crippen molar-refractivity contribution in [3.63, 3.8) is 0 Å². The molecule has 11 nitrogen and oxygen atoms in total. The molecule has 0 aliphatic carbocycles. The summed E-state index contributed by atoms with van der Waals surface area (Å²) in [6, 6.07) is 4.67. The molecular weight excluding hydrogens is 557 g/mol. The summed E-state index contributed by atoms with van der Waals surface area (Å²) in [5, 5.41) is 5.59. The molecule has 39 heavy (non-hydrogen) atoms. The SMILES string of the molecule is CC(=O)C(CCCN=C(N)N)NC(=O)C1Cc2ccc(cc2)OC/C=C/CC(N)C(=O)CC(P(P)P)C(=O)N1. The Morgan fingerprint density at radius 3 is 2.49 bits per heavy atom. The summed E-state index contributed by atoms with van der Waals surface area (Å²) in [6.07, 6.45) is 4.83. The molecule has 14 heteroatoms. The van der Waals surface area contributed by atoms with Gasteiger partial charge in [-0.05, 0) is 43.9 Å². The van der Waals surface area contributed by atoms with Crippen LogP contribution in [0.2, 0.25) is 0 Å². The molecule has 2 amide bonds. The van der Waals surface area contributed by atoms with Gasteiger partial charge in [0.15, 0.2) is 17.5 Å². The molecule has 0 aromatic heterocycles. The summed E-state index contributed by atoms with van der Waals surface area (Å²) in [5.74, 6) is -0.826. The summed E-state index contributed by atoms with van der Waals surface area (Å²) in [5.41, 5.74) is 16.9. The van der Waals surface area contributed by atoms with Crippen molar-refractivity contribution in [1.82, 2.24) is 10.6 Å². The summed E-state index contributed by atoms with van der Waals surface area (Å²) < 4.78 is 5.70. The van der Waals surface area contributed by atoms with E-state index >= 15 is 0 Å². The zero-order valence-corrected chi connectivity index (χ0v) is 25.2. The van der Waals surface area contributed by atoms with Crippen LogP contribution >= 0.6 is 25.2 Å². The number of ketones is 2. The van der Waals surface area contributed by atoms with Gasteiger partial charge in [0.2, 0.25) is 11.8 Å². The molecule has 0 radical (unpaired) electrons. The maximum absolute atomic E-state index is 13.4. The Labute approximate surface area is 234 Å². The minimum Gasteiger partial charge on any atom is -0.490 e. The van der Waals surface area contributed by atoms with Gasteiger partial charge in [0.25, 0.3) is 0 Å². The molecule has 2 aliphatic rings. The second kappa shape index (κ2) is 16.6. The first kappa shape index (κ1) is 32.8. The van der Waals surface area contributed by atoms with Crippen LogP contribution in [0.25, 0.3) is 0 Å². The van der Waals surface area contributed by atoms with Crippen molar-refractivity contribution in [2.24, 2.45) is 22.2 Å². The standard InChI is InChI=1S/C25H39N6O5P3/c1-15(32)19(6-4-11-29-25(27)28)30-23(34)20-13-16-7-9-17(10-8-16)36-12-3-2-5-18(26)21(33)14-22(39(37)38)24(35)31-20/h2-3,7-10,18-20,22H,4-6,11-14,26,37-38H2,1H3,(H,30,34)(H,31,35)(H4,27,28,29)/b3-2+. The molecule has 214 valence electrons. The highest BCUT2D eigenvalue weighted by molar-refractivity contribution is 8.43. The Bertz CT molecular complexity index is 1060. The van der Waals surface area contributed by atoms with Gasteiger partial charge in [0, 0.05) is 19.4 Å². The highest BCUT2D eigenvalue weighted by Crippen LogP contribution is 2.58. The van der Waals surface area contributed by atoms with Gasteiger partial charge in [-0.15, -0.1) is 17.9 Å². The first-order valence-electron chi connectivity index (χ1n) is 12.6. The lowest BCUT2D eigenvalue weighted by Crippen LogP contribution is -2.53. The van der Waals surface area contributed by atoms with Gasteiger partial charge in [-0.3, -0.25) is 24.2 Å². The second-order valence-corrected chi connectivity index (χ2v) is 16.2. The fourth-order valence-electron chi connectivity index (χ4n) is 3.85. The smallest absolute Gasteiger partial charge is 0.243 e. The van der Waals surface area contributed by atoms with Gasteiger partial charge < -0.3 is 32.6 Å². The van der Waals surface area contributed by atoms with E-state index in [2.05, 4.69) is 33.5 Å². The highest BCUT2D eigenvalue weighted by atomic mass is 32.4. The lowest BCUT2D eigenvalue weighted by molar-refractivity contribution is -0.131. The van der Waals surface area contributed by atoms with Crippen molar-refractivity contribution in [2.45, 2.75) is 62.8 Å². The minimum atomic E-state index is -1.03. The van der Waals surface area contributed by atoms with Crippen LogP contribution in [0.15, 0.2) is 41.4 Å². The molecule has 3 rings (SSSR count). The van der Waals surface area contributed by atoms with Gasteiger partial charge in [0.1, 0.15) is 18.4 Å². The molecule has 2 heterocycles. The molecule has 1 aromatic carbocycles. The van der Waals surface area contributed by atoms with Crippen LogP contribution in [0.1, 0.15) is 38.2 Å². The molecule has 6 unspecified atom stereocenters. The molecule has 2 bridgehead atoms. The monoisotopic (exact) mass is 596 g/mol. The van der Waals surface area contributed by atoms with E-state index in [1.807, 2.05) is 12.1 Å². The van der Waals surface area contributed by atoms with Crippen LogP contribution < -0.4 is 32.6 Å². The zero-order chi connectivity index (χ0) is 28.9. The normalized spacial score (nSPS) is 22.2. The molecular formula is C25H39N6O5P3. The third-order valence-corrected chi connectivity index (χ3v) is 9.42. The lowest BCUT2D eigenvalue weighted by atomic mass is 10.0. The number of nitrogens with zero attached hydrogens (tertiary/aromatic N) is 1. The number of carbonyl (C=O) groups is 4. The van der Waals surface area contributed by atoms with Crippen molar-refractivity contribution in [3.05, 3.63) is 42.0 Å². The van der Waals surface area contributed by atoms with E-state index in [0.717, 1.165) is 5.56 Å². The first-order chi connectivity index (χ1) is 18.5. The number of ether oxygens (including phenoxy) is 1. The third kappa shape index (κ3) is 11.7. The minimum absolute atomic E-state index is 0.0485. The average Bonchev–Trinajstić information content (AvgIpc) is 2.87. The predicted octanol–water partition coefficient (Wildman–Crippen LogP) is 0.897. The number of carbonyl (C=O) groups excluding carboxylic acids is 4. The summed E-state index contributed by atoms with van der Waals surface area (Å²) in [7, 11) is 4.12. The van der Waals surface area contributed by atoms with Crippen molar-refractivity contribution < 1.29 is 23.9 Å². The number of hydrogen-bond acceptors (Lipinski definition) is 7. The summed E-state index contributed by atoms with van der Waals surface area (Å²) in [4.78, 5) is 55.8. The predicted molar refractivity (Wildman–Crippen MR) is 162 cm³/mol. The summed E-state index contributed by atoms with van der Waals surface area (Å²) in [6.45, 7) is 2.02. The van der Waals surface area contributed by atoms with Crippen molar-refractivity contribution in [2.75, 3.05) is 13.2 Å². The Kier molecular flexibility index (Phi) is 14.0. The van der Waals surface area contributed by atoms with E-state index in [4.69, 9.17) is 21.9 Å². The van der Waals surface area contributed by atoms with Crippen LogP contribution in [0.4, 0.5) is 0 Å². The molecule has 6 atom stereocenters. The number of nitrogens with one attached hydrogen (secondary N) is 2. The van der Waals surface area contributed by atoms with Crippen molar-refractivity contribution in [1.29, 1.82) is 0 Å². The summed E-state index contributed by atoms with van der Waals surface area (Å²) >= 11 is 0. The quantitative estimate of drug-likeness (QED) is 0.0961. The Morgan fingerprint density at radius 2 is 1.87 bits per heavy atom. The van der Waals surface area contributed by atoms with Crippen molar-refractivity contribution in [3.8, 4) is 5.75 Å². The lowest BCUT2D eigenvalue weighted by Gasteiger charge is -2.26. The van der Waals surface area contributed by atoms with Crippen molar-refractivity contribution >= 4 is 54.5 Å². The molecule has 0 spiro atoms. The van der Waals surface area contributed by atoms with E-state index in [1.165, 1.54) is 6.92 Å². The van der Waals surface area contributed by atoms with Crippen LogP contribution in [0.5, 0.6) is 5.75 Å². The largest absolute Gasteiger partial charge is 0.490 e. The average molecular weight is 597 g/mol. The number of Topliss-reactive ketones (excluding diaryl/α,β-unsaturated/α-hetero) is 2. The number of aliphatic imine (C=N–C) groups is 1. The molecule has 0 saturated carbocycles. The van der Waals surface area contributed by atoms with Gasteiger partial charge in [-0.1, -0.05) is 31.6 Å². The molecule has 0 saturated heterocycles. The van der Waals surface area contributed by atoms with E-state index in [1.54, 1.807) is 24.3 Å².